The molecule has 1 aliphatic rings. The molecule has 150 valence electrons. The van der Waals surface area contributed by atoms with Crippen molar-refractivity contribution in [1.29, 1.82) is 5.26 Å². The molecule has 1 unspecified atom stereocenters. The van der Waals surface area contributed by atoms with E-state index in [1.807, 2.05) is 13.0 Å². The van der Waals surface area contributed by atoms with Gasteiger partial charge in [-0.2, -0.15) is 5.26 Å². The van der Waals surface area contributed by atoms with Crippen molar-refractivity contribution in [1.82, 2.24) is 0 Å². The highest BCUT2D eigenvalue weighted by Crippen LogP contribution is 2.24. The molecule has 0 amide bonds. The van der Waals surface area contributed by atoms with Crippen molar-refractivity contribution in [2.75, 3.05) is 0 Å². The fourth-order valence-electron chi connectivity index (χ4n) is 4.27. The average Bonchev–Trinajstić information content (AvgIpc) is 3.17. The number of nitriles is 1. The van der Waals surface area contributed by atoms with Crippen molar-refractivity contribution in [2.45, 2.75) is 72.1 Å². The number of benzene rings is 2. The molecule has 1 heteroatoms. The van der Waals surface area contributed by atoms with E-state index in [1.54, 1.807) is 11.1 Å². The second-order valence-electron chi connectivity index (χ2n) is 8.74. The third kappa shape index (κ3) is 6.22. The zero-order valence-corrected chi connectivity index (χ0v) is 18.2. The summed E-state index contributed by atoms with van der Waals surface area (Å²) in [6.45, 7) is 6.56. The normalized spacial score (nSPS) is 13.3. The first kappa shape index (κ1) is 21.2. The van der Waals surface area contributed by atoms with Crippen molar-refractivity contribution < 1.29 is 0 Å². The van der Waals surface area contributed by atoms with Crippen molar-refractivity contribution in [2.24, 2.45) is 5.92 Å². The van der Waals surface area contributed by atoms with Gasteiger partial charge in [0.2, 0.25) is 0 Å². The maximum absolute atomic E-state index is 9.05. The summed E-state index contributed by atoms with van der Waals surface area (Å²) in [5, 5.41) is 9.05. The van der Waals surface area contributed by atoms with Crippen LogP contribution in [0.15, 0.2) is 53.8 Å². The Hall–Kier alpha value is -2.55. The predicted octanol–water partition coefficient (Wildman–Crippen LogP) is 7.05. The summed E-state index contributed by atoms with van der Waals surface area (Å²) in [6, 6.07) is 15.5. The molecule has 0 N–H and O–H groups in total. The van der Waals surface area contributed by atoms with Crippen LogP contribution in [0.5, 0.6) is 0 Å². The number of hydrogen-bond donors (Lipinski definition) is 0. The van der Waals surface area contributed by atoms with Gasteiger partial charge in [-0.1, -0.05) is 37.3 Å². The molecular weight excluding hydrogens is 350 g/mol. The highest BCUT2D eigenvalue weighted by atomic mass is 14.2. The van der Waals surface area contributed by atoms with Crippen LogP contribution < -0.4 is 0 Å². The van der Waals surface area contributed by atoms with Crippen LogP contribution in [-0.4, -0.2) is 0 Å². The van der Waals surface area contributed by atoms with Crippen molar-refractivity contribution in [3.8, 4) is 6.07 Å². The summed E-state index contributed by atoms with van der Waals surface area (Å²) in [7, 11) is 0. The summed E-state index contributed by atoms with van der Waals surface area (Å²) >= 11 is 0. The Labute approximate surface area is 176 Å². The lowest BCUT2D eigenvalue weighted by molar-refractivity contribution is 0.497. The summed E-state index contributed by atoms with van der Waals surface area (Å²) in [5.41, 5.74) is 12.6. The van der Waals surface area contributed by atoms with E-state index in [1.165, 1.54) is 48.8 Å². The lowest BCUT2D eigenvalue weighted by Crippen LogP contribution is -1.98. The third-order valence-electron chi connectivity index (χ3n) is 6.12. The van der Waals surface area contributed by atoms with Gasteiger partial charge in [-0.25, -0.2) is 0 Å². The van der Waals surface area contributed by atoms with Crippen LogP contribution >= 0.6 is 0 Å². The Morgan fingerprint density at radius 3 is 2.66 bits per heavy atom. The van der Waals surface area contributed by atoms with Crippen molar-refractivity contribution in [3.63, 3.8) is 0 Å². The molecule has 0 saturated heterocycles. The standard InChI is InChI=1S/C28H33N/c1-21(11-12-24-13-16-28(20-29)23(3)18-24)7-4-5-8-22(2)17-25-14-15-26-9-6-10-27(26)19-25/h5,13-16,18-19,21H,4,6-7,9-12,17H2,1-3H3. The van der Waals surface area contributed by atoms with Gasteiger partial charge in [-0.05, 0) is 110 Å². The second-order valence-corrected chi connectivity index (χ2v) is 8.74. The molecule has 1 nitrogen and oxygen atoms in total. The van der Waals surface area contributed by atoms with Crippen molar-refractivity contribution in [3.05, 3.63) is 87.2 Å². The number of rotatable bonds is 8. The lowest BCUT2D eigenvalue weighted by atomic mass is 9.95. The molecule has 0 aromatic heterocycles. The largest absolute Gasteiger partial charge is 0.192 e. The number of nitrogens with zero attached hydrogens (tertiary/aromatic N) is 1. The number of aryl methyl sites for hydroxylation is 4. The lowest BCUT2D eigenvalue weighted by Gasteiger charge is -2.10. The molecule has 0 saturated carbocycles. The Morgan fingerprint density at radius 1 is 1.07 bits per heavy atom. The van der Waals surface area contributed by atoms with Gasteiger partial charge in [-0.3, -0.25) is 0 Å². The minimum Gasteiger partial charge on any atom is -0.192 e. The summed E-state index contributed by atoms with van der Waals surface area (Å²) in [6.07, 6.45) is 11.6. The fraction of sp³-hybridized carbons (Fsp3) is 0.429. The third-order valence-corrected chi connectivity index (χ3v) is 6.12. The van der Waals surface area contributed by atoms with E-state index in [9.17, 15) is 0 Å². The van der Waals surface area contributed by atoms with E-state index in [4.69, 9.17) is 5.26 Å². The quantitative estimate of drug-likeness (QED) is 0.448. The average molecular weight is 384 g/mol. The molecule has 1 atom stereocenters. The molecule has 0 radical (unpaired) electrons. The molecule has 0 heterocycles. The highest BCUT2D eigenvalue weighted by Gasteiger charge is 2.10. The summed E-state index contributed by atoms with van der Waals surface area (Å²) in [5.74, 6) is 0.695. The first-order valence-corrected chi connectivity index (χ1v) is 11.1. The SMILES string of the molecule is CC(=C=CCCC(C)CCc1ccc(C#N)c(C)c1)Cc1ccc2c(c1)CCC2. The molecule has 0 fully saturated rings. The van der Waals surface area contributed by atoms with E-state index in [2.05, 4.69) is 62.1 Å². The zero-order chi connectivity index (χ0) is 20.6. The van der Waals surface area contributed by atoms with Crippen LogP contribution in [0.1, 0.15) is 72.9 Å². The summed E-state index contributed by atoms with van der Waals surface area (Å²) < 4.78 is 0. The smallest absolute Gasteiger partial charge is 0.0994 e. The predicted molar refractivity (Wildman–Crippen MR) is 122 cm³/mol. The highest BCUT2D eigenvalue weighted by molar-refractivity contribution is 5.39. The summed E-state index contributed by atoms with van der Waals surface area (Å²) in [4.78, 5) is 0. The van der Waals surface area contributed by atoms with Crippen molar-refractivity contribution >= 4 is 0 Å². The molecule has 29 heavy (non-hydrogen) atoms. The zero-order valence-electron chi connectivity index (χ0n) is 18.2. The minimum atomic E-state index is 0.695. The molecule has 1 aliphatic carbocycles. The van der Waals surface area contributed by atoms with E-state index in [0.717, 1.165) is 30.4 Å². The Morgan fingerprint density at radius 2 is 1.86 bits per heavy atom. The van der Waals surface area contributed by atoms with Crippen LogP contribution in [0.2, 0.25) is 0 Å². The van der Waals surface area contributed by atoms with Gasteiger partial charge in [0.15, 0.2) is 0 Å². The van der Waals surface area contributed by atoms with Crippen LogP contribution in [0.3, 0.4) is 0 Å². The molecule has 0 bridgehead atoms. The molecule has 2 aromatic carbocycles. The minimum absolute atomic E-state index is 0.695. The van der Waals surface area contributed by atoms with E-state index in [0.29, 0.717) is 5.92 Å². The van der Waals surface area contributed by atoms with E-state index < -0.39 is 0 Å². The van der Waals surface area contributed by atoms with Crippen LogP contribution in [-0.2, 0) is 25.7 Å². The first-order chi connectivity index (χ1) is 14.0. The Kier molecular flexibility index (Phi) is 7.51. The molecular formula is C28H33N. The van der Waals surface area contributed by atoms with Gasteiger partial charge in [0.25, 0.3) is 0 Å². The topological polar surface area (TPSA) is 23.8 Å². The second kappa shape index (κ2) is 10.3. The molecule has 3 rings (SSSR count). The molecule has 0 spiro atoms. The Bertz CT molecular complexity index is 951. The van der Waals surface area contributed by atoms with Gasteiger partial charge in [0.05, 0.1) is 11.6 Å². The van der Waals surface area contributed by atoms with E-state index in [-0.39, 0.29) is 0 Å². The van der Waals surface area contributed by atoms with Gasteiger partial charge < -0.3 is 0 Å². The molecule has 2 aromatic rings. The Balaban J connectivity index is 1.42. The van der Waals surface area contributed by atoms with Gasteiger partial charge >= 0.3 is 0 Å². The first-order valence-electron chi connectivity index (χ1n) is 11.1. The van der Waals surface area contributed by atoms with Crippen LogP contribution in [0.25, 0.3) is 0 Å². The number of hydrogen-bond acceptors (Lipinski definition) is 1. The molecule has 0 aliphatic heterocycles. The van der Waals surface area contributed by atoms with Gasteiger partial charge in [-0.15, -0.1) is 5.73 Å². The van der Waals surface area contributed by atoms with Crippen LogP contribution in [0, 0.1) is 24.2 Å². The number of fused-ring (bicyclic) bond motifs is 1. The maximum atomic E-state index is 9.05. The van der Waals surface area contributed by atoms with Crippen LogP contribution in [0.4, 0.5) is 0 Å². The van der Waals surface area contributed by atoms with Gasteiger partial charge in [0.1, 0.15) is 0 Å². The van der Waals surface area contributed by atoms with Gasteiger partial charge in [0, 0.05) is 6.42 Å². The fourth-order valence-corrected chi connectivity index (χ4v) is 4.27. The maximum Gasteiger partial charge on any atom is 0.0994 e. The number of allylic oxidation sites excluding steroid dienone is 1. The van der Waals surface area contributed by atoms with E-state index >= 15 is 0 Å². The monoisotopic (exact) mass is 383 g/mol.